The Morgan fingerprint density at radius 2 is 1.76 bits per heavy atom. The van der Waals surface area contributed by atoms with Gasteiger partial charge >= 0.3 is 6.18 Å². The van der Waals surface area contributed by atoms with E-state index < -0.39 is 48.1 Å². The highest BCUT2D eigenvalue weighted by Crippen LogP contribution is 2.34. The third-order valence-electron chi connectivity index (χ3n) is 2.75. The molecule has 3 amide bonds. The van der Waals surface area contributed by atoms with E-state index in [9.17, 15) is 27.6 Å². The maximum atomic E-state index is 13.0. The van der Waals surface area contributed by atoms with Crippen LogP contribution in [0, 0.1) is 0 Å². The van der Waals surface area contributed by atoms with E-state index in [2.05, 4.69) is 15.9 Å². The number of hydrogen-bond acceptors (Lipinski definition) is 3. The van der Waals surface area contributed by atoms with Crippen LogP contribution in [0.1, 0.15) is 15.9 Å². The monoisotopic (exact) mass is 364 g/mol. The largest absolute Gasteiger partial charge is 0.417 e. The van der Waals surface area contributed by atoms with Crippen LogP contribution in [-0.2, 0) is 15.8 Å². The van der Waals surface area contributed by atoms with E-state index in [1.165, 1.54) is 6.07 Å². The number of carbonyl (C=O) groups excluding carboxylic acids is 3. The minimum Gasteiger partial charge on any atom is -0.320 e. The molecule has 0 aliphatic carbocycles. The van der Waals surface area contributed by atoms with Crippen LogP contribution in [0.3, 0.4) is 0 Å². The zero-order valence-corrected chi connectivity index (χ0v) is 11.9. The summed E-state index contributed by atoms with van der Waals surface area (Å²) in [7, 11) is 0. The van der Waals surface area contributed by atoms with Crippen molar-refractivity contribution < 1.29 is 27.6 Å². The first-order chi connectivity index (χ1) is 9.68. The van der Waals surface area contributed by atoms with Gasteiger partial charge in [-0.3, -0.25) is 19.7 Å². The second-order valence-corrected chi connectivity index (χ2v) is 5.24. The highest BCUT2D eigenvalue weighted by atomic mass is 79.9. The zero-order valence-electron chi connectivity index (χ0n) is 10.3. The molecule has 9 heteroatoms. The molecule has 5 nitrogen and oxygen atoms in total. The Hall–Kier alpha value is -1.90. The van der Waals surface area contributed by atoms with E-state index in [1.807, 2.05) is 5.32 Å². The lowest BCUT2D eigenvalue weighted by Crippen LogP contribution is -2.53. The Bertz CT molecular complexity index is 615. The molecule has 1 aliphatic rings. The van der Waals surface area contributed by atoms with Gasteiger partial charge in [0.2, 0.25) is 11.8 Å². The van der Waals surface area contributed by atoms with Gasteiger partial charge in [-0.2, -0.15) is 13.2 Å². The van der Waals surface area contributed by atoms with E-state index >= 15 is 0 Å². The van der Waals surface area contributed by atoms with Crippen LogP contribution >= 0.6 is 15.9 Å². The molecule has 1 heterocycles. The third-order valence-corrected chi connectivity index (χ3v) is 3.25. The molecule has 0 saturated carbocycles. The van der Waals surface area contributed by atoms with Crippen LogP contribution in [0.5, 0.6) is 0 Å². The molecule has 0 bridgehead atoms. The lowest BCUT2D eigenvalue weighted by molar-refractivity contribution is -0.138. The fourth-order valence-corrected chi connectivity index (χ4v) is 2.25. The summed E-state index contributed by atoms with van der Waals surface area (Å²) in [5.41, 5.74) is -1.73. The number of benzene rings is 1. The summed E-state index contributed by atoms with van der Waals surface area (Å²) in [4.78, 5) is 35.3. The molecular formula is C12H8BrF3N2O3. The molecule has 1 aromatic rings. The molecule has 112 valence electrons. The molecular weight excluding hydrogens is 357 g/mol. The topological polar surface area (TPSA) is 66.5 Å². The number of alkyl halides is 3. The molecule has 1 aromatic carbocycles. The molecule has 0 radical (unpaired) electrons. The van der Waals surface area contributed by atoms with Gasteiger partial charge in [-0.05, 0) is 18.2 Å². The maximum absolute atomic E-state index is 13.0. The summed E-state index contributed by atoms with van der Waals surface area (Å²) < 4.78 is 39.1. The predicted octanol–water partition coefficient (Wildman–Crippen LogP) is 1.57. The van der Waals surface area contributed by atoms with Crippen LogP contribution in [0.2, 0.25) is 0 Å². The lowest BCUT2D eigenvalue weighted by atomic mass is 10.1. The Morgan fingerprint density at radius 3 is 2.29 bits per heavy atom. The third kappa shape index (κ3) is 3.41. The first kappa shape index (κ1) is 15.5. The van der Waals surface area contributed by atoms with Gasteiger partial charge in [-0.15, -0.1) is 0 Å². The van der Waals surface area contributed by atoms with E-state index in [0.29, 0.717) is 0 Å². The van der Waals surface area contributed by atoms with Gasteiger partial charge in [-0.1, -0.05) is 15.9 Å². The second-order valence-electron chi connectivity index (χ2n) is 4.32. The number of nitrogens with zero attached hydrogens (tertiary/aromatic N) is 1. The average Bonchev–Trinajstić information content (AvgIpc) is 2.35. The van der Waals surface area contributed by atoms with Crippen molar-refractivity contribution in [2.75, 3.05) is 13.1 Å². The number of halogens is 4. The van der Waals surface area contributed by atoms with Crippen LogP contribution in [0.4, 0.5) is 13.2 Å². The molecule has 1 N–H and O–H groups in total. The van der Waals surface area contributed by atoms with E-state index in [4.69, 9.17) is 0 Å². The SMILES string of the molecule is O=C1CN(C(=O)c2ccc(Br)cc2C(F)(F)F)CC(=O)N1. The minimum atomic E-state index is -4.73. The molecule has 21 heavy (non-hydrogen) atoms. The Balaban J connectivity index is 2.39. The van der Waals surface area contributed by atoms with Gasteiger partial charge in [0.1, 0.15) is 13.1 Å². The number of imide groups is 1. The summed E-state index contributed by atoms with van der Waals surface area (Å²) in [5.74, 6) is -2.48. The molecule has 2 rings (SSSR count). The van der Waals surface area contributed by atoms with Crippen LogP contribution in [0.25, 0.3) is 0 Å². The first-order valence-corrected chi connectivity index (χ1v) is 6.46. The van der Waals surface area contributed by atoms with Gasteiger partial charge in [-0.25, -0.2) is 0 Å². The molecule has 0 unspecified atom stereocenters. The molecule has 1 saturated heterocycles. The molecule has 0 aromatic heterocycles. The van der Waals surface area contributed by atoms with Crippen LogP contribution in [-0.4, -0.2) is 35.7 Å². The Kier molecular flexibility index (Phi) is 4.04. The van der Waals surface area contributed by atoms with Gasteiger partial charge in [0, 0.05) is 4.47 Å². The van der Waals surface area contributed by atoms with Crippen molar-refractivity contribution in [1.29, 1.82) is 0 Å². The summed E-state index contributed by atoms with van der Waals surface area (Å²) in [5, 5.41) is 1.97. The molecule has 0 atom stereocenters. The highest BCUT2D eigenvalue weighted by Gasteiger charge is 2.37. The standard InChI is InChI=1S/C12H8BrF3N2O3/c13-6-1-2-7(8(3-6)12(14,15)16)11(21)18-4-9(19)17-10(20)5-18/h1-3H,4-5H2,(H,17,19,20). The summed E-state index contributed by atoms with van der Waals surface area (Å²) >= 11 is 2.91. The number of carbonyl (C=O) groups is 3. The smallest absolute Gasteiger partial charge is 0.320 e. The zero-order chi connectivity index (χ0) is 15.8. The maximum Gasteiger partial charge on any atom is 0.417 e. The minimum absolute atomic E-state index is 0.166. The van der Waals surface area contributed by atoms with Crippen molar-refractivity contribution >= 4 is 33.7 Å². The Morgan fingerprint density at radius 1 is 1.19 bits per heavy atom. The summed E-state index contributed by atoms with van der Waals surface area (Å²) in [6.45, 7) is -0.921. The fourth-order valence-electron chi connectivity index (χ4n) is 1.89. The summed E-state index contributed by atoms with van der Waals surface area (Å²) in [6.07, 6.45) is -4.73. The van der Waals surface area contributed by atoms with Gasteiger partial charge in [0.05, 0.1) is 11.1 Å². The number of piperazine rings is 1. The lowest BCUT2D eigenvalue weighted by Gasteiger charge is -2.26. The van der Waals surface area contributed by atoms with Crippen molar-refractivity contribution in [3.05, 3.63) is 33.8 Å². The van der Waals surface area contributed by atoms with E-state index in [1.54, 1.807) is 0 Å². The first-order valence-electron chi connectivity index (χ1n) is 5.67. The highest BCUT2D eigenvalue weighted by molar-refractivity contribution is 9.10. The molecule has 1 fully saturated rings. The van der Waals surface area contributed by atoms with Crippen molar-refractivity contribution in [2.24, 2.45) is 0 Å². The predicted molar refractivity (Wildman–Crippen MR) is 68.2 cm³/mol. The van der Waals surface area contributed by atoms with Crippen molar-refractivity contribution in [2.45, 2.75) is 6.18 Å². The van der Waals surface area contributed by atoms with E-state index in [-0.39, 0.29) is 4.47 Å². The van der Waals surface area contributed by atoms with Gasteiger partial charge < -0.3 is 4.90 Å². The summed E-state index contributed by atoms with van der Waals surface area (Å²) in [6, 6.07) is 3.07. The fraction of sp³-hybridized carbons (Fsp3) is 0.250. The molecule has 0 spiro atoms. The van der Waals surface area contributed by atoms with Crippen LogP contribution in [0.15, 0.2) is 22.7 Å². The average molecular weight is 365 g/mol. The molecule has 1 aliphatic heterocycles. The van der Waals surface area contributed by atoms with Crippen molar-refractivity contribution in [3.63, 3.8) is 0 Å². The second kappa shape index (κ2) is 5.47. The number of rotatable bonds is 1. The van der Waals surface area contributed by atoms with E-state index in [0.717, 1.165) is 17.0 Å². The Labute approximate surface area is 125 Å². The van der Waals surface area contributed by atoms with Crippen molar-refractivity contribution in [1.82, 2.24) is 10.2 Å². The number of hydrogen-bond donors (Lipinski definition) is 1. The van der Waals surface area contributed by atoms with Gasteiger partial charge in [0.25, 0.3) is 5.91 Å². The quantitative estimate of drug-likeness (QED) is 0.769. The number of amides is 3. The van der Waals surface area contributed by atoms with Gasteiger partial charge in [0.15, 0.2) is 0 Å². The van der Waals surface area contributed by atoms with Crippen molar-refractivity contribution in [3.8, 4) is 0 Å². The van der Waals surface area contributed by atoms with Crippen LogP contribution < -0.4 is 5.32 Å². The normalized spacial score (nSPS) is 15.9. The number of nitrogens with one attached hydrogen (secondary N) is 1.